The maximum absolute atomic E-state index is 13.7. The van der Waals surface area contributed by atoms with Gasteiger partial charge >= 0.3 is 0 Å². The molecule has 4 heteroatoms. The summed E-state index contributed by atoms with van der Waals surface area (Å²) in [5.41, 5.74) is 7.83. The molecule has 0 aliphatic rings. The molecule has 0 atom stereocenters. The van der Waals surface area contributed by atoms with E-state index in [1.165, 1.54) is 17.7 Å². The Morgan fingerprint density at radius 1 is 0.950 bits per heavy atom. The summed E-state index contributed by atoms with van der Waals surface area (Å²) < 4.78 is 32.6. The highest BCUT2D eigenvalue weighted by Gasteiger charge is 2.12. The zero-order valence-electron chi connectivity index (χ0n) is 11.3. The molecular weight excluding hydrogens is 260 g/mol. The second-order valence-electron chi connectivity index (χ2n) is 4.55. The molecule has 0 fully saturated rings. The van der Waals surface area contributed by atoms with E-state index in [0.717, 1.165) is 12.0 Å². The van der Waals surface area contributed by atoms with Crippen molar-refractivity contribution < 1.29 is 13.5 Å². The zero-order valence-corrected chi connectivity index (χ0v) is 11.3. The van der Waals surface area contributed by atoms with Crippen LogP contribution in [0.2, 0.25) is 0 Å². The Labute approximate surface area is 117 Å². The molecule has 0 aliphatic carbocycles. The van der Waals surface area contributed by atoms with Crippen LogP contribution in [0.5, 0.6) is 5.75 Å². The van der Waals surface area contributed by atoms with Gasteiger partial charge in [-0.3, -0.25) is 0 Å². The zero-order chi connectivity index (χ0) is 14.5. The van der Waals surface area contributed by atoms with E-state index in [2.05, 4.69) is 6.92 Å². The van der Waals surface area contributed by atoms with Gasteiger partial charge in [0.1, 0.15) is 6.61 Å². The van der Waals surface area contributed by atoms with Crippen LogP contribution in [-0.4, -0.2) is 0 Å². The summed E-state index contributed by atoms with van der Waals surface area (Å²) in [5, 5.41) is 0. The molecule has 0 spiro atoms. The maximum atomic E-state index is 13.7. The molecule has 0 unspecified atom stereocenters. The Morgan fingerprint density at radius 2 is 1.50 bits per heavy atom. The van der Waals surface area contributed by atoms with Crippen molar-refractivity contribution in [1.82, 2.24) is 0 Å². The SMILES string of the molecule is CCc1ccc(COc2c(F)cc(CN)cc2F)cc1. The third-order valence-electron chi connectivity index (χ3n) is 3.11. The smallest absolute Gasteiger partial charge is 0.191 e. The Kier molecular flexibility index (Phi) is 4.69. The molecule has 0 saturated heterocycles. The molecule has 0 bridgehead atoms. The normalized spacial score (nSPS) is 10.6. The van der Waals surface area contributed by atoms with Crippen LogP contribution in [-0.2, 0) is 19.6 Å². The minimum atomic E-state index is -0.726. The van der Waals surface area contributed by atoms with Crippen LogP contribution < -0.4 is 10.5 Å². The number of nitrogens with two attached hydrogens (primary N) is 1. The van der Waals surface area contributed by atoms with Gasteiger partial charge in [-0.05, 0) is 35.2 Å². The summed E-state index contributed by atoms with van der Waals surface area (Å²) in [6, 6.07) is 10.1. The lowest BCUT2D eigenvalue weighted by atomic mass is 10.1. The van der Waals surface area contributed by atoms with Crippen molar-refractivity contribution in [1.29, 1.82) is 0 Å². The van der Waals surface area contributed by atoms with Gasteiger partial charge in [-0.1, -0.05) is 31.2 Å². The summed E-state index contributed by atoms with van der Waals surface area (Å²) in [5.74, 6) is -1.81. The number of hydrogen-bond donors (Lipinski definition) is 1. The van der Waals surface area contributed by atoms with E-state index in [-0.39, 0.29) is 18.9 Å². The van der Waals surface area contributed by atoms with Crippen LogP contribution in [0.4, 0.5) is 8.78 Å². The number of benzene rings is 2. The fourth-order valence-corrected chi connectivity index (χ4v) is 1.89. The lowest BCUT2D eigenvalue weighted by molar-refractivity contribution is 0.274. The molecule has 106 valence electrons. The first-order valence-electron chi connectivity index (χ1n) is 6.52. The molecule has 0 heterocycles. The van der Waals surface area contributed by atoms with Crippen LogP contribution in [0.25, 0.3) is 0 Å². The minimum Gasteiger partial charge on any atom is -0.483 e. The first kappa shape index (κ1) is 14.5. The van der Waals surface area contributed by atoms with Gasteiger partial charge in [0.2, 0.25) is 0 Å². The van der Waals surface area contributed by atoms with Crippen molar-refractivity contribution in [2.75, 3.05) is 0 Å². The molecule has 2 rings (SSSR count). The third-order valence-corrected chi connectivity index (χ3v) is 3.11. The fraction of sp³-hybridized carbons (Fsp3) is 0.250. The minimum absolute atomic E-state index is 0.0899. The monoisotopic (exact) mass is 277 g/mol. The topological polar surface area (TPSA) is 35.2 Å². The first-order chi connectivity index (χ1) is 9.63. The van der Waals surface area contributed by atoms with Crippen molar-refractivity contribution in [3.8, 4) is 5.75 Å². The van der Waals surface area contributed by atoms with Crippen LogP contribution >= 0.6 is 0 Å². The number of rotatable bonds is 5. The molecular formula is C16H17F2NO. The lowest BCUT2D eigenvalue weighted by Gasteiger charge is -2.10. The molecule has 2 aromatic carbocycles. The molecule has 20 heavy (non-hydrogen) atoms. The average Bonchev–Trinajstić information content (AvgIpc) is 2.46. The Morgan fingerprint density at radius 3 is 2.00 bits per heavy atom. The number of aryl methyl sites for hydroxylation is 1. The summed E-state index contributed by atoms with van der Waals surface area (Å²) in [4.78, 5) is 0. The number of halogens is 2. The van der Waals surface area contributed by atoms with Gasteiger partial charge in [-0.15, -0.1) is 0 Å². The highest BCUT2D eigenvalue weighted by atomic mass is 19.1. The fourth-order valence-electron chi connectivity index (χ4n) is 1.89. The number of ether oxygens (including phenoxy) is 1. The Hall–Kier alpha value is -1.94. The number of hydrogen-bond acceptors (Lipinski definition) is 2. The van der Waals surface area contributed by atoms with E-state index in [1.54, 1.807) is 0 Å². The van der Waals surface area contributed by atoms with Crippen LogP contribution in [0.3, 0.4) is 0 Å². The quantitative estimate of drug-likeness (QED) is 0.907. The summed E-state index contributed by atoms with van der Waals surface area (Å²) in [6.07, 6.45) is 0.949. The largest absolute Gasteiger partial charge is 0.483 e. The van der Waals surface area contributed by atoms with Crippen molar-refractivity contribution in [3.63, 3.8) is 0 Å². The van der Waals surface area contributed by atoms with E-state index in [9.17, 15) is 8.78 Å². The van der Waals surface area contributed by atoms with Crippen molar-refractivity contribution in [2.24, 2.45) is 5.73 Å². The first-order valence-corrected chi connectivity index (χ1v) is 6.52. The van der Waals surface area contributed by atoms with E-state index in [0.29, 0.717) is 5.56 Å². The predicted octanol–water partition coefficient (Wildman–Crippen LogP) is 3.56. The van der Waals surface area contributed by atoms with Crippen molar-refractivity contribution in [2.45, 2.75) is 26.5 Å². The molecule has 2 nitrogen and oxygen atoms in total. The third kappa shape index (κ3) is 3.33. The predicted molar refractivity (Wildman–Crippen MR) is 74.4 cm³/mol. The molecule has 2 aromatic rings. The van der Waals surface area contributed by atoms with E-state index in [1.807, 2.05) is 24.3 Å². The van der Waals surface area contributed by atoms with Gasteiger partial charge in [-0.25, -0.2) is 8.78 Å². The van der Waals surface area contributed by atoms with Gasteiger partial charge in [-0.2, -0.15) is 0 Å². The molecule has 2 N–H and O–H groups in total. The second-order valence-corrected chi connectivity index (χ2v) is 4.55. The standard InChI is InChI=1S/C16H17F2NO/c1-2-11-3-5-12(6-4-11)10-20-16-14(17)7-13(9-19)8-15(16)18/h3-8H,2,9-10,19H2,1H3. The van der Waals surface area contributed by atoms with Crippen LogP contribution in [0.1, 0.15) is 23.6 Å². The Balaban J connectivity index is 2.10. The van der Waals surface area contributed by atoms with E-state index in [4.69, 9.17) is 10.5 Å². The van der Waals surface area contributed by atoms with Crippen molar-refractivity contribution >= 4 is 0 Å². The van der Waals surface area contributed by atoms with E-state index < -0.39 is 11.6 Å². The van der Waals surface area contributed by atoms with Crippen LogP contribution in [0.15, 0.2) is 36.4 Å². The van der Waals surface area contributed by atoms with Gasteiger partial charge in [0.05, 0.1) is 0 Å². The Bertz CT molecular complexity index is 559. The van der Waals surface area contributed by atoms with Gasteiger partial charge in [0.25, 0.3) is 0 Å². The van der Waals surface area contributed by atoms with Gasteiger partial charge in [0, 0.05) is 6.54 Å². The second kappa shape index (κ2) is 6.48. The summed E-state index contributed by atoms with van der Waals surface area (Å²) in [7, 11) is 0. The highest BCUT2D eigenvalue weighted by molar-refractivity contribution is 5.32. The lowest BCUT2D eigenvalue weighted by Crippen LogP contribution is -2.03. The van der Waals surface area contributed by atoms with E-state index >= 15 is 0 Å². The van der Waals surface area contributed by atoms with Crippen molar-refractivity contribution in [3.05, 3.63) is 64.7 Å². The maximum Gasteiger partial charge on any atom is 0.191 e. The van der Waals surface area contributed by atoms with Gasteiger partial charge in [0.15, 0.2) is 17.4 Å². The molecule has 0 aliphatic heterocycles. The average molecular weight is 277 g/mol. The van der Waals surface area contributed by atoms with Crippen LogP contribution in [0, 0.1) is 11.6 Å². The van der Waals surface area contributed by atoms with Gasteiger partial charge < -0.3 is 10.5 Å². The summed E-state index contributed by atoms with van der Waals surface area (Å²) >= 11 is 0. The molecule has 0 aromatic heterocycles. The summed E-state index contributed by atoms with van der Waals surface area (Å²) in [6.45, 7) is 2.28. The molecule has 0 saturated carbocycles. The molecule has 0 radical (unpaired) electrons. The highest BCUT2D eigenvalue weighted by Crippen LogP contribution is 2.24. The molecule has 0 amide bonds.